The van der Waals surface area contributed by atoms with Crippen molar-refractivity contribution in [1.82, 2.24) is 9.97 Å². The van der Waals surface area contributed by atoms with E-state index in [9.17, 15) is 0 Å². The first-order valence-corrected chi connectivity index (χ1v) is 7.21. The summed E-state index contributed by atoms with van der Waals surface area (Å²) >= 11 is 3.52. The van der Waals surface area contributed by atoms with Gasteiger partial charge in [0.2, 0.25) is 0 Å². The molecule has 1 aromatic heterocycles. The molecule has 5 heteroatoms. The molecule has 0 spiro atoms. The molecule has 4 nitrogen and oxygen atoms in total. The zero-order valence-corrected chi connectivity index (χ0v) is 12.1. The maximum atomic E-state index is 4.35. The summed E-state index contributed by atoms with van der Waals surface area (Å²) < 4.78 is 1.02. The van der Waals surface area contributed by atoms with Crippen LogP contribution >= 0.6 is 15.9 Å². The molecule has 3 rings (SSSR count). The predicted octanol–water partition coefficient (Wildman–Crippen LogP) is 3.58. The highest BCUT2D eigenvalue weighted by molar-refractivity contribution is 9.10. The first-order chi connectivity index (χ1) is 9.33. The topological polar surface area (TPSA) is 41.0 Å². The highest BCUT2D eigenvalue weighted by atomic mass is 79.9. The van der Waals surface area contributed by atoms with E-state index in [1.165, 1.54) is 12.8 Å². The van der Waals surface area contributed by atoms with Gasteiger partial charge in [0.05, 0.1) is 5.69 Å². The van der Waals surface area contributed by atoms with Gasteiger partial charge in [-0.2, -0.15) is 0 Å². The number of nitrogens with zero attached hydrogens (tertiary/aromatic N) is 3. The van der Waals surface area contributed by atoms with Crippen LogP contribution in [0.2, 0.25) is 0 Å². The molecule has 0 bridgehead atoms. The molecule has 0 unspecified atom stereocenters. The number of para-hydroxylation sites is 1. The number of halogens is 1. The lowest BCUT2D eigenvalue weighted by molar-refractivity contribution is 0.928. The fraction of sp³-hybridized carbons (Fsp3) is 0.286. The zero-order chi connectivity index (χ0) is 13.1. The maximum Gasteiger partial charge on any atom is 0.135 e. The van der Waals surface area contributed by atoms with Gasteiger partial charge < -0.3 is 10.2 Å². The third-order valence-electron chi connectivity index (χ3n) is 3.22. The van der Waals surface area contributed by atoms with E-state index in [-0.39, 0.29) is 0 Å². The van der Waals surface area contributed by atoms with Gasteiger partial charge in [-0.3, -0.25) is 0 Å². The molecular formula is C14H15BrN4. The van der Waals surface area contributed by atoms with Crippen molar-refractivity contribution in [2.75, 3.05) is 23.3 Å². The van der Waals surface area contributed by atoms with Gasteiger partial charge in [0.1, 0.15) is 18.0 Å². The minimum absolute atomic E-state index is 0.823. The Morgan fingerprint density at radius 2 is 1.89 bits per heavy atom. The Hall–Kier alpha value is -1.62. The lowest BCUT2D eigenvalue weighted by atomic mass is 10.3. The van der Waals surface area contributed by atoms with Crippen molar-refractivity contribution in [2.45, 2.75) is 12.8 Å². The molecule has 1 N–H and O–H groups in total. The molecule has 1 aliphatic rings. The minimum atomic E-state index is 0.823. The molecule has 1 saturated heterocycles. The highest BCUT2D eigenvalue weighted by Gasteiger charge is 2.14. The normalized spacial score (nSPS) is 14.7. The Morgan fingerprint density at radius 1 is 1.11 bits per heavy atom. The van der Waals surface area contributed by atoms with Gasteiger partial charge in [-0.25, -0.2) is 9.97 Å². The van der Waals surface area contributed by atoms with Crippen molar-refractivity contribution in [2.24, 2.45) is 0 Å². The molecule has 0 aliphatic carbocycles. The average Bonchev–Trinajstić information content (AvgIpc) is 2.96. The van der Waals surface area contributed by atoms with Crippen LogP contribution in [0.25, 0.3) is 0 Å². The third-order valence-corrected chi connectivity index (χ3v) is 3.91. The molecule has 2 heterocycles. The number of anilines is 3. The predicted molar refractivity (Wildman–Crippen MR) is 80.9 cm³/mol. The van der Waals surface area contributed by atoms with Gasteiger partial charge in [-0.15, -0.1) is 0 Å². The summed E-state index contributed by atoms with van der Waals surface area (Å²) in [4.78, 5) is 10.9. The molecule has 98 valence electrons. The van der Waals surface area contributed by atoms with E-state index in [0.717, 1.165) is 34.9 Å². The molecule has 0 atom stereocenters. The summed E-state index contributed by atoms with van der Waals surface area (Å²) in [5.41, 5.74) is 1.01. The van der Waals surface area contributed by atoms with E-state index in [2.05, 4.69) is 36.1 Å². The third kappa shape index (κ3) is 2.87. The first-order valence-electron chi connectivity index (χ1n) is 6.41. The van der Waals surface area contributed by atoms with Crippen molar-refractivity contribution in [3.63, 3.8) is 0 Å². The zero-order valence-electron chi connectivity index (χ0n) is 10.5. The minimum Gasteiger partial charge on any atom is -0.356 e. The largest absolute Gasteiger partial charge is 0.356 e. The molecule has 2 aromatic rings. The summed E-state index contributed by atoms with van der Waals surface area (Å²) in [7, 11) is 0. The summed E-state index contributed by atoms with van der Waals surface area (Å²) in [6.07, 6.45) is 4.11. The van der Waals surface area contributed by atoms with Crippen molar-refractivity contribution in [3.05, 3.63) is 41.1 Å². The molecule has 1 fully saturated rings. The van der Waals surface area contributed by atoms with Gasteiger partial charge in [0, 0.05) is 23.6 Å². The second-order valence-electron chi connectivity index (χ2n) is 4.56. The van der Waals surface area contributed by atoms with Gasteiger partial charge in [0.25, 0.3) is 0 Å². The highest BCUT2D eigenvalue weighted by Crippen LogP contribution is 2.26. The summed E-state index contributed by atoms with van der Waals surface area (Å²) in [5, 5.41) is 3.31. The van der Waals surface area contributed by atoms with E-state index in [1.54, 1.807) is 6.33 Å². The van der Waals surface area contributed by atoms with Crippen LogP contribution in [-0.2, 0) is 0 Å². The van der Waals surface area contributed by atoms with E-state index < -0.39 is 0 Å². The van der Waals surface area contributed by atoms with E-state index in [1.807, 2.05) is 30.3 Å². The van der Waals surface area contributed by atoms with Crippen LogP contribution in [0.4, 0.5) is 17.3 Å². The number of nitrogens with one attached hydrogen (secondary N) is 1. The Morgan fingerprint density at radius 3 is 2.68 bits per heavy atom. The van der Waals surface area contributed by atoms with Crippen LogP contribution < -0.4 is 10.2 Å². The second-order valence-corrected chi connectivity index (χ2v) is 5.41. The van der Waals surface area contributed by atoms with Gasteiger partial charge >= 0.3 is 0 Å². The Kier molecular flexibility index (Phi) is 3.64. The summed E-state index contributed by atoms with van der Waals surface area (Å²) in [6, 6.07) is 10.0. The SMILES string of the molecule is Brc1ccccc1Nc1cc(N2CCCC2)ncn1. The average molecular weight is 319 g/mol. The van der Waals surface area contributed by atoms with E-state index in [0.29, 0.717) is 0 Å². The Labute approximate surface area is 121 Å². The standard InChI is InChI=1S/C14H15BrN4/c15-11-5-1-2-6-12(11)18-13-9-14(17-10-16-13)19-7-3-4-8-19/h1-2,5-6,9-10H,3-4,7-8H2,(H,16,17,18). The Bertz CT molecular complexity index is 567. The van der Waals surface area contributed by atoms with Crippen LogP contribution in [0.15, 0.2) is 41.1 Å². The van der Waals surface area contributed by atoms with Crippen molar-refractivity contribution >= 4 is 33.3 Å². The molecule has 0 radical (unpaired) electrons. The van der Waals surface area contributed by atoms with Crippen LogP contribution in [0.5, 0.6) is 0 Å². The van der Waals surface area contributed by atoms with Gasteiger partial charge in [0.15, 0.2) is 0 Å². The van der Waals surface area contributed by atoms with Crippen LogP contribution in [-0.4, -0.2) is 23.1 Å². The van der Waals surface area contributed by atoms with Crippen LogP contribution in [0, 0.1) is 0 Å². The summed E-state index contributed by atoms with van der Waals surface area (Å²) in [6.45, 7) is 2.18. The van der Waals surface area contributed by atoms with Crippen LogP contribution in [0.1, 0.15) is 12.8 Å². The number of hydrogen-bond donors (Lipinski definition) is 1. The Balaban J connectivity index is 1.81. The molecule has 1 aliphatic heterocycles. The molecule has 19 heavy (non-hydrogen) atoms. The van der Waals surface area contributed by atoms with Gasteiger partial charge in [-0.1, -0.05) is 12.1 Å². The number of rotatable bonds is 3. The molecule has 0 saturated carbocycles. The van der Waals surface area contributed by atoms with Crippen molar-refractivity contribution in [1.29, 1.82) is 0 Å². The monoisotopic (exact) mass is 318 g/mol. The quantitative estimate of drug-likeness (QED) is 0.939. The van der Waals surface area contributed by atoms with Crippen LogP contribution in [0.3, 0.4) is 0 Å². The molecule has 1 aromatic carbocycles. The van der Waals surface area contributed by atoms with E-state index >= 15 is 0 Å². The molecular weight excluding hydrogens is 304 g/mol. The fourth-order valence-electron chi connectivity index (χ4n) is 2.24. The number of benzene rings is 1. The van der Waals surface area contributed by atoms with E-state index in [4.69, 9.17) is 0 Å². The number of aromatic nitrogens is 2. The fourth-order valence-corrected chi connectivity index (χ4v) is 2.62. The molecule has 0 amide bonds. The second kappa shape index (κ2) is 5.57. The van der Waals surface area contributed by atoms with Gasteiger partial charge in [-0.05, 0) is 40.9 Å². The first kappa shape index (κ1) is 12.4. The van der Waals surface area contributed by atoms with Crippen molar-refractivity contribution in [3.8, 4) is 0 Å². The lowest BCUT2D eigenvalue weighted by Gasteiger charge is -2.16. The lowest BCUT2D eigenvalue weighted by Crippen LogP contribution is -2.19. The van der Waals surface area contributed by atoms with Crippen molar-refractivity contribution < 1.29 is 0 Å². The smallest absolute Gasteiger partial charge is 0.135 e. The summed E-state index contributed by atoms with van der Waals surface area (Å²) in [5.74, 6) is 1.82. The number of hydrogen-bond acceptors (Lipinski definition) is 4. The maximum absolute atomic E-state index is 4.35.